The van der Waals surface area contributed by atoms with Gasteiger partial charge < -0.3 is 14.8 Å². The van der Waals surface area contributed by atoms with E-state index in [1.54, 1.807) is 14.2 Å². The fraction of sp³-hybridized carbons (Fsp3) is 0.647. The highest BCUT2D eigenvalue weighted by atomic mass is 79.9. The fourth-order valence-electron chi connectivity index (χ4n) is 3.56. The maximum atomic E-state index is 5.43. The van der Waals surface area contributed by atoms with Gasteiger partial charge in [-0.2, -0.15) is 0 Å². The van der Waals surface area contributed by atoms with E-state index >= 15 is 0 Å². The van der Waals surface area contributed by atoms with Gasteiger partial charge >= 0.3 is 0 Å². The van der Waals surface area contributed by atoms with Gasteiger partial charge in [0.1, 0.15) is 0 Å². The van der Waals surface area contributed by atoms with E-state index < -0.39 is 0 Å². The van der Waals surface area contributed by atoms with Crippen molar-refractivity contribution in [3.05, 3.63) is 22.2 Å². The Hall–Kier alpha value is -0.530. The van der Waals surface area contributed by atoms with E-state index in [-0.39, 0.29) is 12.4 Å². The molecule has 2 saturated heterocycles. The summed E-state index contributed by atoms with van der Waals surface area (Å²) in [5.74, 6) is 1.56. The monoisotopic (exact) mass is 419 g/mol. The van der Waals surface area contributed by atoms with Crippen molar-refractivity contribution in [2.24, 2.45) is 0 Å². The minimum Gasteiger partial charge on any atom is -0.493 e. The quantitative estimate of drug-likeness (QED) is 0.791. The van der Waals surface area contributed by atoms with E-state index in [1.165, 1.54) is 25.1 Å². The Morgan fingerprint density at radius 3 is 2.46 bits per heavy atom. The molecule has 0 spiro atoms. The lowest BCUT2D eigenvalue weighted by Gasteiger charge is -2.32. The van der Waals surface area contributed by atoms with Gasteiger partial charge in [0.25, 0.3) is 0 Å². The molecule has 0 saturated carbocycles. The average molecular weight is 421 g/mol. The summed E-state index contributed by atoms with van der Waals surface area (Å²) in [5.41, 5.74) is 1.25. The Kier molecular flexibility index (Phi) is 7.62. The molecule has 0 radical (unpaired) electrons. The van der Waals surface area contributed by atoms with Crippen LogP contribution in [0.2, 0.25) is 0 Å². The molecular weight excluding hydrogens is 394 g/mol. The van der Waals surface area contributed by atoms with Crippen LogP contribution in [-0.4, -0.2) is 69.3 Å². The van der Waals surface area contributed by atoms with Crippen molar-refractivity contribution in [2.75, 3.05) is 53.5 Å². The summed E-state index contributed by atoms with van der Waals surface area (Å²) in [5, 5.41) is 3.43. The average Bonchev–Trinajstić information content (AvgIpc) is 3.05. The van der Waals surface area contributed by atoms with Crippen LogP contribution in [0, 0.1) is 0 Å². The fourth-order valence-corrected chi connectivity index (χ4v) is 4.01. The van der Waals surface area contributed by atoms with E-state index in [2.05, 4.69) is 37.1 Å². The molecule has 2 aliphatic heterocycles. The molecule has 136 valence electrons. The molecule has 0 aromatic heterocycles. The van der Waals surface area contributed by atoms with Crippen molar-refractivity contribution in [1.82, 2.24) is 15.1 Å². The highest BCUT2D eigenvalue weighted by Gasteiger charge is 2.28. The lowest BCUT2D eigenvalue weighted by molar-refractivity contribution is 0.170. The Bertz CT molecular complexity index is 541. The minimum atomic E-state index is 0. The SMILES string of the molecule is COc1cc(Br)c(CN2CCC(N3CCNCC3)C2)cc1OC.Cl. The van der Waals surface area contributed by atoms with Gasteiger partial charge in [0, 0.05) is 56.3 Å². The number of likely N-dealkylation sites (tertiary alicyclic amines) is 1. The van der Waals surface area contributed by atoms with Crippen LogP contribution < -0.4 is 14.8 Å². The molecule has 0 bridgehead atoms. The number of nitrogens with zero attached hydrogens (tertiary/aromatic N) is 2. The van der Waals surface area contributed by atoms with Crippen molar-refractivity contribution in [3.8, 4) is 11.5 Å². The normalized spacial score (nSPS) is 22.2. The van der Waals surface area contributed by atoms with E-state index in [1.807, 2.05) is 6.07 Å². The van der Waals surface area contributed by atoms with Crippen LogP contribution in [0.15, 0.2) is 16.6 Å². The number of halogens is 2. The lowest BCUT2D eigenvalue weighted by atomic mass is 10.2. The molecule has 3 rings (SSSR count). The number of piperazine rings is 1. The molecule has 2 aliphatic rings. The van der Waals surface area contributed by atoms with Gasteiger partial charge in [-0.3, -0.25) is 9.80 Å². The maximum absolute atomic E-state index is 5.43. The molecule has 5 nitrogen and oxygen atoms in total. The second-order valence-electron chi connectivity index (χ2n) is 6.26. The highest BCUT2D eigenvalue weighted by molar-refractivity contribution is 9.10. The standard InChI is InChI=1S/C17H26BrN3O2.ClH/c1-22-16-9-13(15(18)10-17(16)23-2)11-20-6-3-14(12-20)21-7-4-19-5-8-21;/h9-10,14,19H,3-8,11-12H2,1-2H3;1H. The number of hydrogen-bond acceptors (Lipinski definition) is 5. The number of nitrogens with one attached hydrogen (secondary N) is 1. The first kappa shape index (κ1) is 19.8. The third kappa shape index (κ3) is 4.55. The van der Waals surface area contributed by atoms with Gasteiger partial charge in [0.2, 0.25) is 0 Å². The summed E-state index contributed by atoms with van der Waals surface area (Å²) in [7, 11) is 3.36. The summed E-state index contributed by atoms with van der Waals surface area (Å²) in [6.07, 6.45) is 1.27. The van der Waals surface area contributed by atoms with E-state index in [9.17, 15) is 0 Å². The van der Waals surface area contributed by atoms with Crippen LogP contribution in [0.3, 0.4) is 0 Å². The van der Waals surface area contributed by atoms with Gasteiger partial charge in [0.15, 0.2) is 11.5 Å². The van der Waals surface area contributed by atoms with Crippen LogP contribution in [-0.2, 0) is 6.54 Å². The second kappa shape index (κ2) is 9.25. The summed E-state index contributed by atoms with van der Waals surface area (Å²) in [4.78, 5) is 5.18. The molecule has 2 fully saturated rings. The molecule has 0 amide bonds. The van der Waals surface area contributed by atoms with E-state index in [4.69, 9.17) is 9.47 Å². The van der Waals surface area contributed by atoms with Crippen molar-refractivity contribution in [2.45, 2.75) is 19.0 Å². The molecule has 7 heteroatoms. The van der Waals surface area contributed by atoms with Gasteiger partial charge in [0.05, 0.1) is 14.2 Å². The smallest absolute Gasteiger partial charge is 0.161 e. The van der Waals surface area contributed by atoms with E-state index in [0.717, 1.165) is 48.7 Å². The Morgan fingerprint density at radius 2 is 1.79 bits per heavy atom. The van der Waals surface area contributed by atoms with Crippen molar-refractivity contribution < 1.29 is 9.47 Å². The first-order chi connectivity index (χ1) is 11.2. The van der Waals surface area contributed by atoms with Crippen LogP contribution in [0.4, 0.5) is 0 Å². The number of benzene rings is 1. The molecule has 2 heterocycles. The Labute approximate surface area is 159 Å². The molecule has 1 unspecified atom stereocenters. The van der Waals surface area contributed by atoms with Gasteiger partial charge in [-0.25, -0.2) is 0 Å². The van der Waals surface area contributed by atoms with Crippen LogP contribution >= 0.6 is 28.3 Å². The molecule has 0 aliphatic carbocycles. The molecule has 1 aromatic rings. The van der Waals surface area contributed by atoms with Crippen molar-refractivity contribution in [1.29, 1.82) is 0 Å². The van der Waals surface area contributed by atoms with Crippen LogP contribution in [0.25, 0.3) is 0 Å². The molecule has 1 N–H and O–H groups in total. The molecule has 24 heavy (non-hydrogen) atoms. The van der Waals surface area contributed by atoms with Crippen LogP contribution in [0.5, 0.6) is 11.5 Å². The van der Waals surface area contributed by atoms with E-state index in [0.29, 0.717) is 6.04 Å². The number of ether oxygens (including phenoxy) is 2. The summed E-state index contributed by atoms with van der Waals surface area (Å²) in [6, 6.07) is 4.79. The highest BCUT2D eigenvalue weighted by Crippen LogP contribution is 2.34. The van der Waals surface area contributed by atoms with Crippen molar-refractivity contribution >= 4 is 28.3 Å². The zero-order valence-electron chi connectivity index (χ0n) is 14.4. The third-order valence-corrected chi connectivity index (χ3v) is 5.60. The number of rotatable bonds is 5. The summed E-state index contributed by atoms with van der Waals surface area (Å²) < 4.78 is 11.9. The predicted octanol–water partition coefficient (Wildman–Crippen LogP) is 2.37. The first-order valence-electron chi connectivity index (χ1n) is 8.28. The van der Waals surface area contributed by atoms with Crippen LogP contribution in [0.1, 0.15) is 12.0 Å². The Balaban J connectivity index is 0.00000208. The first-order valence-corrected chi connectivity index (χ1v) is 9.08. The zero-order chi connectivity index (χ0) is 16.2. The topological polar surface area (TPSA) is 37.0 Å². The molecule has 1 atom stereocenters. The third-order valence-electron chi connectivity index (χ3n) is 4.86. The van der Waals surface area contributed by atoms with Gasteiger partial charge in [-0.1, -0.05) is 15.9 Å². The number of hydrogen-bond donors (Lipinski definition) is 1. The number of methoxy groups -OCH3 is 2. The molecule has 1 aromatic carbocycles. The van der Waals surface area contributed by atoms with Crippen molar-refractivity contribution in [3.63, 3.8) is 0 Å². The summed E-state index contributed by atoms with van der Waals surface area (Å²) >= 11 is 3.67. The zero-order valence-corrected chi connectivity index (χ0v) is 16.8. The summed E-state index contributed by atoms with van der Waals surface area (Å²) in [6.45, 7) is 7.87. The maximum Gasteiger partial charge on any atom is 0.161 e. The largest absolute Gasteiger partial charge is 0.493 e. The Morgan fingerprint density at radius 1 is 1.12 bits per heavy atom. The lowest BCUT2D eigenvalue weighted by Crippen LogP contribution is -2.49. The van der Waals surface area contributed by atoms with Gasteiger partial charge in [-0.15, -0.1) is 12.4 Å². The molecular formula is C17H27BrClN3O2. The second-order valence-corrected chi connectivity index (χ2v) is 7.12. The minimum absolute atomic E-state index is 0. The van der Waals surface area contributed by atoms with Gasteiger partial charge in [-0.05, 0) is 24.1 Å². The predicted molar refractivity (Wildman–Crippen MR) is 103 cm³/mol.